The van der Waals surface area contributed by atoms with Gasteiger partial charge < -0.3 is 10.0 Å². The van der Waals surface area contributed by atoms with Crippen LogP contribution in [-0.4, -0.2) is 34.6 Å². The Morgan fingerprint density at radius 1 is 1.38 bits per heavy atom. The number of rotatable bonds is 3. The van der Waals surface area contributed by atoms with Gasteiger partial charge in [0.1, 0.15) is 0 Å². The van der Waals surface area contributed by atoms with Crippen LogP contribution in [0.3, 0.4) is 0 Å². The highest BCUT2D eigenvalue weighted by molar-refractivity contribution is 6.31. The summed E-state index contributed by atoms with van der Waals surface area (Å²) in [6.45, 7) is 2.56. The topological polar surface area (TPSA) is 40.5 Å². The maximum atomic E-state index is 12.7. The summed E-state index contributed by atoms with van der Waals surface area (Å²) in [5.41, 5.74) is 1.09. The van der Waals surface area contributed by atoms with Crippen molar-refractivity contribution in [1.29, 1.82) is 0 Å². The van der Waals surface area contributed by atoms with Gasteiger partial charge in [-0.05, 0) is 50.2 Å². The average Bonchev–Trinajstić information content (AvgIpc) is 3.27. The second-order valence-corrected chi connectivity index (χ2v) is 6.71. The highest BCUT2D eigenvalue weighted by atomic mass is 35.5. The summed E-state index contributed by atoms with van der Waals surface area (Å²) in [5, 5.41) is 10.7. The van der Waals surface area contributed by atoms with Gasteiger partial charge in [-0.15, -0.1) is 0 Å². The van der Waals surface area contributed by atoms with E-state index in [0.29, 0.717) is 0 Å². The Bertz CT molecular complexity index is 531. The highest BCUT2D eigenvalue weighted by Crippen LogP contribution is 2.50. The summed E-state index contributed by atoms with van der Waals surface area (Å²) in [6, 6.07) is 7.78. The third-order valence-electron chi connectivity index (χ3n) is 4.80. The Morgan fingerprint density at radius 2 is 2.14 bits per heavy atom. The second kappa shape index (κ2) is 5.98. The quantitative estimate of drug-likeness (QED) is 0.931. The van der Waals surface area contributed by atoms with Gasteiger partial charge in [0, 0.05) is 17.5 Å². The van der Waals surface area contributed by atoms with E-state index in [-0.39, 0.29) is 23.8 Å². The number of halogens is 1. The molecule has 1 N–H and O–H groups in total. The Morgan fingerprint density at radius 3 is 2.86 bits per heavy atom. The number of likely N-dealkylation sites (tertiary alicyclic amines) is 1. The molecule has 4 unspecified atom stereocenters. The van der Waals surface area contributed by atoms with Crippen LogP contribution in [0.1, 0.15) is 44.1 Å². The first-order valence-corrected chi connectivity index (χ1v) is 8.20. The van der Waals surface area contributed by atoms with Crippen molar-refractivity contribution in [3.05, 3.63) is 34.9 Å². The zero-order valence-electron chi connectivity index (χ0n) is 12.3. The normalized spacial score (nSPS) is 30.0. The van der Waals surface area contributed by atoms with Crippen LogP contribution in [0.4, 0.5) is 0 Å². The standard InChI is InChI=1S/C17H22ClNO2/c1-11(20)16-8-4-5-9-19(16)17(21)14-10-13(14)12-6-2-3-7-15(12)18/h2-3,6-7,11,13-14,16,20H,4-5,8-10H2,1H3. The summed E-state index contributed by atoms with van der Waals surface area (Å²) in [7, 11) is 0. The molecule has 1 aromatic carbocycles. The van der Waals surface area contributed by atoms with Crippen molar-refractivity contribution in [2.45, 2.75) is 50.7 Å². The number of piperidine rings is 1. The zero-order valence-corrected chi connectivity index (χ0v) is 13.1. The number of carbonyl (C=O) groups excluding carboxylic acids is 1. The lowest BCUT2D eigenvalue weighted by molar-refractivity contribution is -0.139. The molecule has 1 aliphatic heterocycles. The lowest BCUT2D eigenvalue weighted by atomic mass is 9.97. The number of carbonyl (C=O) groups is 1. The van der Waals surface area contributed by atoms with E-state index in [2.05, 4.69) is 0 Å². The first-order chi connectivity index (χ1) is 10.1. The molecule has 21 heavy (non-hydrogen) atoms. The average molecular weight is 308 g/mol. The number of aliphatic hydroxyl groups is 1. The Kier molecular flexibility index (Phi) is 4.23. The minimum Gasteiger partial charge on any atom is -0.391 e. The Balaban J connectivity index is 1.71. The van der Waals surface area contributed by atoms with Gasteiger partial charge in [-0.3, -0.25) is 4.79 Å². The fourth-order valence-electron chi connectivity index (χ4n) is 3.53. The first kappa shape index (κ1) is 14.9. The molecule has 3 nitrogen and oxygen atoms in total. The van der Waals surface area contributed by atoms with E-state index in [4.69, 9.17) is 11.6 Å². The molecular formula is C17H22ClNO2. The molecule has 1 saturated carbocycles. The van der Waals surface area contributed by atoms with Gasteiger partial charge in [0.05, 0.1) is 12.1 Å². The fraction of sp³-hybridized carbons (Fsp3) is 0.588. The molecule has 1 amide bonds. The molecule has 3 rings (SSSR count). The summed E-state index contributed by atoms with van der Waals surface area (Å²) >= 11 is 6.23. The molecule has 4 heteroatoms. The second-order valence-electron chi connectivity index (χ2n) is 6.31. The molecule has 2 fully saturated rings. The number of benzene rings is 1. The smallest absolute Gasteiger partial charge is 0.226 e. The van der Waals surface area contributed by atoms with E-state index in [9.17, 15) is 9.90 Å². The van der Waals surface area contributed by atoms with E-state index in [1.54, 1.807) is 6.92 Å². The predicted molar refractivity (Wildman–Crippen MR) is 83.3 cm³/mol. The van der Waals surface area contributed by atoms with Gasteiger partial charge in [-0.25, -0.2) is 0 Å². The number of hydrogen-bond donors (Lipinski definition) is 1. The molecule has 0 bridgehead atoms. The largest absolute Gasteiger partial charge is 0.391 e. The van der Waals surface area contributed by atoms with Crippen molar-refractivity contribution in [1.82, 2.24) is 4.90 Å². The lowest BCUT2D eigenvalue weighted by Crippen LogP contribution is -2.49. The maximum absolute atomic E-state index is 12.7. The molecule has 0 aromatic heterocycles. The number of amides is 1. The van der Waals surface area contributed by atoms with Gasteiger partial charge in [0.25, 0.3) is 0 Å². The van der Waals surface area contributed by atoms with Crippen LogP contribution in [0.15, 0.2) is 24.3 Å². The first-order valence-electron chi connectivity index (χ1n) is 7.82. The van der Waals surface area contributed by atoms with Crippen LogP contribution in [0, 0.1) is 5.92 Å². The van der Waals surface area contributed by atoms with E-state index >= 15 is 0 Å². The molecule has 2 aliphatic rings. The van der Waals surface area contributed by atoms with Gasteiger partial charge >= 0.3 is 0 Å². The fourth-order valence-corrected chi connectivity index (χ4v) is 3.81. The Hall–Kier alpha value is -1.06. The van der Waals surface area contributed by atoms with E-state index in [1.165, 1.54) is 0 Å². The van der Waals surface area contributed by atoms with E-state index < -0.39 is 6.10 Å². The van der Waals surface area contributed by atoms with Crippen LogP contribution in [0.2, 0.25) is 5.02 Å². The van der Waals surface area contributed by atoms with Gasteiger partial charge in [0.15, 0.2) is 0 Å². The minimum atomic E-state index is -0.452. The van der Waals surface area contributed by atoms with Crippen molar-refractivity contribution in [2.75, 3.05) is 6.54 Å². The molecular weight excluding hydrogens is 286 g/mol. The number of aliphatic hydroxyl groups excluding tert-OH is 1. The van der Waals surface area contributed by atoms with Crippen LogP contribution < -0.4 is 0 Å². The van der Waals surface area contributed by atoms with Crippen molar-refractivity contribution in [3.8, 4) is 0 Å². The van der Waals surface area contributed by atoms with Gasteiger partial charge in [-0.1, -0.05) is 29.8 Å². The van der Waals surface area contributed by atoms with Gasteiger partial charge in [0.2, 0.25) is 5.91 Å². The predicted octanol–water partition coefficient (Wildman–Crippen LogP) is 3.21. The number of hydrogen-bond acceptors (Lipinski definition) is 2. The van der Waals surface area contributed by atoms with Crippen LogP contribution in [0.5, 0.6) is 0 Å². The van der Waals surface area contributed by atoms with Crippen LogP contribution >= 0.6 is 11.6 Å². The molecule has 0 radical (unpaired) electrons. The summed E-state index contributed by atoms with van der Waals surface area (Å²) < 4.78 is 0. The molecule has 4 atom stereocenters. The van der Waals surface area contributed by atoms with Crippen molar-refractivity contribution in [2.24, 2.45) is 5.92 Å². The molecule has 1 aliphatic carbocycles. The molecule has 1 saturated heterocycles. The lowest BCUT2D eigenvalue weighted by Gasteiger charge is -2.37. The van der Waals surface area contributed by atoms with Crippen LogP contribution in [-0.2, 0) is 4.79 Å². The van der Waals surface area contributed by atoms with Crippen molar-refractivity contribution >= 4 is 17.5 Å². The number of nitrogens with zero attached hydrogens (tertiary/aromatic N) is 1. The molecule has 1 aromatic rings. The summed E-state index contributed by atoms with van der Waals surface area (Å²) in [6.07, 6.45) is 3.47. The SMILES string of the molecule is CC(O)C1CCCCN1C(=O)C1CC1c1ccccc1Cl. The maximum Gasteiger partial charge on any atom is 0.226 e. The molecule has 0 spiro atoms. The summed E-state index contributed by atoms with van der Waals surface area (Å²) in [4.78, 5) is 14.7. The molecule has 1 heterocycles. The zero-order chi connectivity index (χ0) is 15.0. The highest BCUT2D eigenvalue weighted by Gasteiger charge is 2.48. The van der Waals surface area contributed by atoms with E-state index in [1.807, 2.05) is 29.2 Å². The van der Waals surface area contributed by atoms with Crippen molar-refractivity contribution < 1.29 is 9.90 Å². The monoisotopic (exact) mass is 307 g/mol. The molecule has 114 valence electrons. The third-order valence-corrected chi connectivity index (χ3v) is 5.15. The summed E-state index contributed by atoms with van der Waals surface area (Å²) in [5.74, 6) is 0.498. The van der Waals surface area contributed by atoms with Crippen molar-refractivity contribution in [3.63, 3.8) is 0 Å². The third kappa shape index (κ3) is 2.95. The van der Waals surface area contributed by atoms with Gasteiger partial charge in [-0.2, -0.15) is 0 Å². The minimum absolute atomic E-state index is 0.0151. The van der Waals surface area contributed by atoms with Crippen LogP contribution in [0.25, 0.3) is 0 Å². The Labute approximate surface area is 130 Å². The van der Waals surface area contributed by atoms with E-state index in [0.717, 1.165) is 42.8 Å².